The van der Waals surface area contributed by atoms with Crippen LogP contribution in [0.5, 0.6) is 0 Å². The summed E-state index contributed by atoms with van der Waals surface area (Å²) < 4.78 is 9.53. The Bertz CT molecular complexity index is 2140. The van der Waals surface area contributed by atoms with Crippen molar-refractivity contribution in [1.29, 1.82) is 0 Å². The molecule has 6 nitrogen and oxygen atoms in total. The van der Waals surface area contributed by atoms with E-state index in [0.717, 1.165) is 41.0 Å². The number of aromatic nitrogens is 3. The van der Waals surface area contributed by atoms with Crippen LogP contribution in [-0.2, 0) is 24.2 Å². The number of benzene rings is 4. The topological polar surface area (TPSA) is 75.1 Å². The third kappa shape index (κ3) is 6.68. The molecule has 0 saturated heterocycles. The smallest absolute Gasteiger partial charge is 0.339 e. The van der Waals surface area contributed by atoms with Crippen molar-refractivity contribution in [2.45, 2.75) is 38.3 Å². The zero-order chi connectivity index (χ0) is 32.2. The highest BCUT2D eigenvalue weighted by Crippen LogP contribution is 2.40. The number of nitrogen functional groups attached to an aromatic ring is 1. The average Bonchev–Trinajstić information content (AvgIpc) is 3.76. The maximum Gasteiger partial charge on any atom is 0.339 e. The van der Waals surface area contributed by atoms with E-state index in [9.17, 15) is 4.79 Å². The van der Waals surface area contributed by atoms with Crippen LogP contribution >= 0.6 is 0 Å². The minimum Gasteiger partial charge on any atom is -0.465 e. The van der Waals surface area contributed by atoms with E-state index in [1.54, 1.807) is 0 Å². The van der Waals surface area contributed by atoms with E-state index in [0.29, 0.717) is 17.9 Å². The molecule has 1 aliphatic carbocycles. The van der Waals surface area contributed by atoms with Gasteiger partial charge in [0.15, 0.2) is 0 Å². The summed E-state index contributed by atoms with van der Waals surface area (Å²) in [4.78, 5) is 17.1. The Hall–Kier alpha value is -5.62. The monoisotopic (exact) mass is 618 g/mol. The van der Waals surface area contributed by atoms with Gasteiger partial charge < -0.3 is 19.6 Å². The van der Waals surface area contributed by atoms with E-state index < -0.39 is 0 Å². The molecule has 0 aliphatic heterocycles. The average molecular weight is 619 g/mol. The van der Waals surface area contributed by atoms with Gasteiger partial charge in [0.1, 0.15) is 0 Å². The Balaban J connectivity index is 0.000000174. The van der Waals surface area contributed by atoms with Crippen molar-refractivity contribution < 1.29 is 9.53 Å². The van der Waals surface area contributed by atoms with Crippen LogP contribution in [0.1, 0.15) is 57.1 Å². The lowest BCUT2D eigenvalue weighted by atomic mass is 10.00. The molecular weight excluding hydrogens is 580 g/mol. The lowest BCUT2D eigenvalue weighted by Crippen LogP contribution is -2.09. The zero-order valence-corrected chi connectivity index (χ0v) is 26.6. The third-order valence-corrected chi connectivity index (χ3v) is 8.95. The van der Waals surface area contributed by atoms with Gasteiger partial charge in [-0.15, -0.1) is 0 Å². The molecule has 6 heteroatoms. The molecule has 0 bridgehead atoms. The summed E-state index contributed by atoms with van der Waals surface area (Å²) in [7, 11) is 1.43. The lowest BCUT2D eigenvalue weighted by Gasteiger charge is -2.11. The van der Waals surface area contributed by atoms with E-state index in [1.165, 1.54) is 47.5 Å². The number of methoxy groups -OCH3 is 1. The van der Waals surface area contributed by atoms with E-state index >= 15 is 0 Å². The van der Waals surface area contributed by atoms with E-state index in [1.807, 2.05) is 36.5 Å². The molecule has 234 valence electrons. The second-order valence-corrected chi connectivity index (χ2v) is 12.2. The molecule has 2 N–H and O–H groups in total. The summed E-state index contributed by atoms with van der Waals surface area (Å²) in [5, 5.41) is 2.32. The van der Waals surface area contributed by atoms with Crippen LogP contribution in [0.3, 0.4) is 0 Å². The fourth-order valence-corrected chi connectivity index (χ4v) is 6.28. The van der Waals surface area contributed by atoms with Gasteiger partial charge in [-0.05, 0) is 77.4 Å². The first-order valence-corrected chi connectivity index (χ1v) is 16.1. The first-order valence-electron chi connectivity index (χ1n) is 16.1. The van der Waals surface area contributed by atoms with Gasteiger partial charge in [-0.25, -0.2) is 4.79 Å². The van der Waals surface area contributed by atoms with Crippen LogP contribution in [0.4, 0.5) is 5.69 Å². The van der Waals surface area contributed by atoms with Crippen LogP contribution in [0.25, 0.3) is 21.8 Å². The summed E-state index contributed by atoms with van der Waals surface area (Å²) in [6.45, 7) is 1.71. The third-order valence-electron chi connectivity index (χ3n) is 8.95. The highest BCUT2D eigenvalue weighted by atomic mass is 16.5. The zero-order valence-electron chi connectivity index (χ0n) is 26.6. The van der Waals surface area contributed by atoms with Crippen LogP contribution < -0.4 is 5.73 Å². The first kappa shape index (κ1) is 30.1. The molecule has 47 heavy (non-hydrogen) atoms. The number of fused-ring (bicyclic) bond motifs is 2. The lowest BCUT2D eigenvalue weighted by molar-refractivity contribution is 0.0599. The summed E-state index contributed by atoms with van der Waals surface area (Å²) in [5.74, 6) is 0.235. The highest BCUT2D eigenvalue weighted by Gasteiger charge is 2.26. The van der Waals surface area contributed by atoms with Crippen LogP contribution in [0.15, 0.2) is 134 Å². The SMILES string of the molecule is COC(=O)c1cc(C2CC2)cnc1Cc1cccc2c1ccn2Cc1ccccc1.Nc1cccc2c1ccn2Cc1ccccc1. The van der Waals surface area contributed by atoms with Crippen molar-refractivity contribution in [2.24, 2.45) is 0 Å². The number of rotatable bonds is 8. The minimum absolute atomic E-state index is 0.311. The van der Waals surface area contributed by atoms with Crippen molar-refractivity contribution in [2.75, 3.05) is 12.8 Å². The number of anilines is 1. The molecule has 8 rings (SSSR count). The van der Waals surface area contributed by atoms with Gasteiger partial charge in [-0.2, -0.15) is 0 Å². The van der Waals surface area contributed by atoms with Crippen molar-refractivity contribution in [1.82, 2.24) is 14.1 Å². The van der Waals surface area contributed by atoms with E-state index in [2.05, 4.69) is 111 Å². The Labute approximate surface area is 275 Å². The normalized spacial score (nSPS) is 12.5. The second-order valence-electron chi connectivity index (χ2n) is 12.2. The summed E-state index contributed by atoms with van der Waals surface area (Å²) in [6, 6.07) is 39.5. The van der Waals surface area contributed by atoms with Gasteiger partial charge in [0.2, 0.25) is 0 Å². The van der Waals surface area contributed by atoms with Crippen LogP contribution in [0.2, 0.25) is 0 Å². The molecule has 0 atom stereocenters. The van der Waals surface area contributed by atoms with E-state index in [-0.39, 0.29) is 5.97 Å². The van der Waals surface area contributed by atoms with Gasteiger partial charge in [0, 0.05) is 60.1 Å². The molecule has 1 aliphatic rings. The second kappa shape index (κ2) is 13.4. The Morgan fingerprint density at radius 1 is 0.766 bits per heavy atom. The number of pyridine rings is 1. The fraction of sp³-hybridized carbons (Fsp3) is 0.171. The Kier molecular flexibility index (Phi) is 8.56. The molecule has 3 aromatic heterocycles. The van der Waals surface area contributed by atoms with Gasteiger partial charge in [-0.1, -0.05) is 78.9 Å². The predicted octanol–water partition coefficient (Wildman–Crippen LogP) is 8.61. The maximum absolute atomic E-state index is 12.4. The van der Waals surface area contributed by atoms with Gasteiger partial charge in [0.05, 0.1) is 23.9 Å². The number of carbonyl (C=O) groups is 1. The minimum atomic E-state index is -0.311. The number of hydrogen-bond donors (Lipinski definition) is 1. The quantitative estimate of drug-likeness (QED) is 0.137. The molecule has 0 unspecified atom stereocenters. The Morgan fingerprint density at radius 3 is 1.98 bits per heavy atom. The van der Waals surface area contributed by atoms with Gasteiger partial charge in [-0.3, -0.25) is 4.98 Å². The number of nitrogens with two attached hydrogens (primary N) is 1. The molecule has 1 saturated carbocycles. The molecule has 0 radical (unpaired) electrons. The number of hydrogen-bond acceptors (Lipinski definition) is 4. The van der Waals surface area contributed by atoms with Crippen LogP contribution in [0, 0.1) is 0 Å². The van der Waals surface area contributed by atoms with Crippen LogP contribution in [-0.4, -0.2) is 27.2 Å². The molecule has 0 spiro atoms. The number of carbonyl (C=O) groups excluding carboxylic acids is 1. The summed E-state index contributed by atoms with van der Waals surface area (Å²) in [6.07, 6.45) is 9.11. The van der Waals surface area contributed by atoms with E-state index in [4.69, 9.17) is 10.5 Å². The standard InChI is InChI=1S/C26H24N2O2.C15H14N2/c1-30-26(29)23-14-21(19-10-11-19)16-27-24(23)15-20-8-5-9-25-22(20)12-13-28(25)17-18-6-3-2-4-7-18;16-14-7-4-8-15-13(14)9-10-17(15)11-12-5-2-1-3-6-12/h2-9,12-14,16,19H,10-11,15,17H2,1H3;1-10H,11,16H2. The molecule has 3 heterocycles. The van der Waals surface area contributed by atoms with Crippen molar-refractivity contribution in [3.05, 3.63) is 167 Å². The summed E-state index contributed by atoms with van der Waals surface area (Å²) >= 11 is 0. The molecule has 0 amide bonds. The molecular formula is C41H38N4O2. The molecule has 4 aromatic carbocycles. The molecule has 7 aromatic rings. The largest absolute Gasteiger partial charge is 0.465 e. The first-order chi connectivity index (χ1) is 23.1. The van der Waals surface area contributed by atoms with Gasteiger partial charge >= 0.3 is 5.97 Å². The number of nitrogens with zero attached hydrogens (tertiary/aromatic N) is 3. The maximum atomic E-state index is 12.4. The van der Waals surface area contributed by atoms with Crippen molar-refractivity contribution >= 4 is 33.5 Å². The fourth-order valence-electron chi connectivity index (χ4n) is 6.28. The van der Waals surface area contributed by atoms with Crippen molar-refractivity contribution in [3.8, 4) is 0 Å². The highest BCUT2D eigenvalue weighted by molar-refractivity contribution is 5.92. The van der Waals surface area contributed by atoms with Gasteiger partial charge in [0.25, 0.3) is 0 Å². The molecule has 1 fully saturated rings. The number of esters is 1. The predicted molar refractivity (Wildman–Crippen MR) is 190 cm³/mol. The number of ether oxygens (including phenoxy) is 1. The van der Waals surface area contributed by atoms with Crippen molar-refractivity contribution in [3.63, 3.8) is 0 Å². The Morgan fingerprint density at radius 2 is 1.36 bits per heavy atom. The summed E-state index contributed by atoms with van der Waals surface area (Å²) in [5.41, 5.74) is 15.4.